The minimum absolute atomic E-state index is 0.0217. The third-order valence-corrected chi connectivity index (χ3v) is 1.46. The van der Waals surface area contributed by atoms with Gasteiger partial charge in [-0.15, -0.1) is 4.63 Å². The highest BCUT2D eigenvalue weighted by molar-refractivity contribution is 5.59. The summed E-state index contributed by atoms with van der Waals surface area (Å²) in [6.07, 6.45) is 0. The van der Waals surface area contributed by atoms with Crippen molar-refractivity contribution in [1.82, 2.24) is 20.6 Å². The van der Waals surface area contributed by atoms with Crippen molar-refractivity contribution < 1.29 is 14.2 Å². The highest BCUT2D eigenvalue weighted by Crippen LogP contribution is 2.19. The Kier molecular flexibility index (Phi) is 2.21. The van der Waals surface area contributed by atoms with Gasteiger partial charge in [0, 0.05) is 5.16 Å². The lowest BCUT2D eigenvalue weighted by Gasteiger charge is -2.00. The number of anilines is 3. The first-order valence-corrected chi connectivity index (χ1v) is 3.75. The fourth-order valence-electron chi connectivity index (χ4n) is 0.783. The van der Waals surface area contributed by atoms with Gasteiger partial charge in [-0.2, -0.15) is 0 Å². The maximum Gasteiger partial charge on any atom is 0.460 e. The summed E-state index contributed by atoms with van der Waals surface area (Å²) in [7, 11) is 0. The van der Waals surface area contributed by atoms with Crippen LogP contribution in [-0.4, -0.2) is 25.5 Å². The average Bonchev–Trinajstić information content (AvgIpc) is 2.83. The molecule has 0 spiro atoms. The molecule has 0 radical (unpaired) electrons. The van der Waals surface area contributed by atoms with Crippen LogP contribution in [0, 0.1) is 10.1 Å². The first-order valence-electron chi connectivity index (χ1n) is 3.75. The number of hydrogen-bond acceptors (Lipinski definition) is 11. The van der Waals surface area contributed by atoms with E-state index in [0.717, 1.165) is 0 Å². The van der Waals surface area contributed by atoms with Crippen molar-refractivity contribution in [1.29, 1.82) is 0 Å². The van der Waals surface area contributed by atoms with Gasteiger partial charge in [-0.1, -0.05) is 0 Å². The molecule has 0 aliphatic carbocycles. The van der Waals surface area contributed by atoms with Gasteiger partial charge in [0.05, 0.1) is 0 Å². The van der Waals surface area contributed by atoms with Crippen LogP contribution in [0.25, 0.3) is 0 Å². The van der Waals surface area contributed by atoms with Crippen molar-refractivity contribution in [3.8, 4) is 0 Å². The van der Waals surface area contributed by atoms with Gasteiger partial charge in [0.25, 0.3) is 5.82 Å². The molecule has 0 bridgehead atoms. The average molecular weight is 228 g/mol. The molecule has 2 heterocycles. The molecular weight excluding hydrogens is 224 g/mol. The molecule has 12 nitrogen and oxygen atoms in total. The number of rotatable bonds is 4. The molecule has 0 unspecified atom stereocenters. The Morgan fingerprint density at radius 2 is 1.75 bits per heavy atom. The quantitative estimate of drug-likeness (QED) is 0.449. The summed E-state index contributed by atoms with van der Waals surface area (Å²) in [6, 6.07) is 0. The number of nitrogens with zero attached hydrogens (tertiary/aromatic N) is 5. The zero-order valence-corrected chi connectivity index (χ0v) is 7.45. The van der Waals surface area contributed by atoms with Crippen LogP contribution in [0.5, 0.6) is 0 Å². The summed E-state index contributed by atoms with van der Waals surface area (Å²) in [4.78, 5) is 9.64. The van der Waals surface area contributed by atoms with Crippen LogP contribution in [0.2, 0.25) is 0 Å². The Labute approximate surface area is 85.8 Å². The lowest BCUT2D eigenvalue weighted by Crippen LogP contribution is -2.12. The number of nitrogens with one attached hydrogen (secondary N) is 2. The molecule has 0 aliphatic heterocycles. The molecule has 84 valence electrons. The largest absolute Gasteiger partial charge is 0.460 e. The van der Waals surface area contributed by atoms with Gasteiger partial charge in [-0.25, -0.2) is 4.63 Å². The molecule has 16 heavy (non-hydrogen) atoms. The van der Waals surface area contributed by atoms with Crippen molar-refractivity contribution in [2.24, 2.45) is 0 Å². The zero-order chi connectivity index (χ0) is 11.5. The van der Waals surface area contributed by atoms with Crippen molar-refractivity contribution >= 4 is 23.3 Å². The van der Waals surface area contributed by atoms with E-state index in [1.807, 2.05) is 0 Å². The van der Waals surface area contributed by atoms with Crippen molar-refractivity contribution in [2.75, 3.05) is 16.6 Å². The Hall–Kier alpha value is -2.92. The molecule has 4 N–H and O–H groups in total. The van der Waals surface area contributed by atoms with Crippen LogP contribution in [0.3, 0.4) is 0 Å². The van der Waals surface area contributed by atoms with Crippen LogP contribution < -0.4 is 16.6 Å². The molecule has 0 saturated carbocycles. The lowest BCUT2D eigenvalue weighted by molar-refractivity contribution is -0.390. The molecule has 0 aliphatic rings. The van der Waals surface area contributed by atoms with Crippen molar-refractivity contribution in [3.63, 3.8) is 0 Å². The maximum atomic E-state index is 10.4. The van der Waals surface area contributed by atoms with E-state index in [-0.39, 0.29) is 17.5 Å². The summed E-state index contributed by atoms with van der Waals surface area (Å²) in [6.45, 7) is 0. The molecular formula is C4H4N8O4. The predicted molar refractivity (Wildman–Crippen MR) is 46.9 cm³/mol. The maximum absolute atomic E-state index is 10.4. The topological polar surface area (TPSA) is 171 Å². The minimum Gasteiger partial charge on any atom is -0.378 e. The third kappa shape index (κ3) is 1.66. The Balaban J connectivity index is 2.08. The van der Waals surface area contributed by atoms with Crippen LogP contribution in [0.1, 0.15) is 0 Å². The fraction of sp³-hybridized carbons (Fsp3) is 0. The van der Waals surface area contributed by atoms with Gasteiger partial charge in [-0.05, 0) is 15.2 Å². The van der Waals surface area contributed by atoms with Gasteiger partial charge < -0.3 is 15.8 Å². The SMILES string of the molecule is Nc1nonc1NNc1nonc1[N+](=O)[O-]. The molecule has 0 atom stereocenters. The number of nitro groups is 1. The van der Waals surface area contributed by atoms with Crippen LogP contribution >= 0.6 is 0 Å². The molecule has 0 saturated heterocycles. The fourth-order valence-corrected chi connectivity index (χ4v) is 0.783. The van der Waals surface area contributed by atoms with E-state index in [1.54, 1.807) is 0 Å². The van der Waals surface area contributed by atoms with E-state index in [0.29, 0.717) is 0 Å². The van der Waals surface area contributed by atoms with E-state index >= 15 is 0 Å². The normalized spacial score (nSPS) is 10.0. The third-order valence-electron chi connectivity index (χ3n) is 1.46. The molecule has 2 aromatic heterocycles. The second kappa shape index (κ2) is 3.68. The molecule has 0 amide bonds. The second-order valence-corrected chi connectivity index (χ2v) is 2.44. The number of nitrogen functional groups attached to an aromatic ring is 1. The number of aromatic nitrogens is 4. The lowest BCUT2D eigenvalue weighted by atomic mass is 10.6. The van der Waals surface area contributed by atoms with Gasteiger partial charge in [-0.3, -0.25) is 10.9 Å². The molecule has 2 rings (SSSR count). The highest BCUT2D eigenvalue weighted by Gasteiger charge is 2.22. The van der Waals surface area contributed by atoms with E-state index in [9.17, 15) is 10.1 Å². The number of hydrogen-bond donors (Lipinski definition) is 3. The first-order chi connectivity index (χ1) is 7.68. The zero-order valence-electron chi connectivity index (χ0n) is 7.45. The Morgan fingerprint density at radius 1 is 1.12 bits per heavy atom. The van der Waals surface area contributed by atoms with E-state index in [2.05, 4.69) is 40.7 Å². The summed E-state index contributed by atoms with van der Waals surface area (Å²) in [5.41, 5.74) is 10.0. The second-order valence-electron chi connectivity index (χ2n) is 2.44. The van der Waals surface area contributed by atoms with E-state index in [4.69, 9.17) is 5.73 Å². The van der Waals surface area contributed by atoms with Crippen LogP contribution in [0.15, 0.2) is 9.26 Å². The van der Waals surface area contributed by atoms with Crippen LogP contribution in [0.4, 0.5) is 23.3 Å². The smallest absolute Gasteiger partial charge is 0.378 e. The molecule has 0 aromatic carbocycles. The number of hydrazine groups is 1. The van der Waals surface area contributed by atoms with Gasteiger partial charge >= 0.3 is 5.82 Å². The molecule has 0 fully saturated rings. The van der Waals surface area contributed by atoms with Crippen molar-refractivity contribution in [3.05, 3.63) is 10.1 Å². The predicted octanol–water partition coefficient (Wildman–Crippen LogP) is -0.618. The highest BCUT2D eigenvalue weighted by atomic mass is 16.6. The summed E-state index contributed by atoms with van der Waals surface area (Å²) < 4.78 is 8.44. The summed E-state index contributed by atoms with van der Waals surface area (Å²) >= 11 is 0. The van der Waals surface area contributed by atoms with Gasteiger partial charge in [0.15, 0.2) is 5.16 Å². The Morgan fingerprint density at radius 3 is 2.38 bits per heavy atom. The van der Waals surface area contributed by atoms with E-state index in [1.165, 1.54) is 0 Å². The monoisotopic (exact) mass is 228 g/mol. The molecule has 2 aromatic rings. The van der Waals surface area contributed by atoms with Gasteiger partial charge in [0.2, 0.25) is 11.6 Å². The minimum atomic E-state index is -0.773. The van der Waals surface area contributed by atoms with Crippen LogP contribution in [-0.2, 0) is 0 Å². The standard InChI is InChI=1S/C4H4N8O4/c5-1-2(9-15-8-1)6-7-3-4(12(13)14)11-16-10-3/h(H2,5,8)(H,6,9)(H,7,10). The number of nitrogens with two attached hydrogens (primary N) is 1. The van der Waals surface area contributed by atoms with Crippen molar-refractivity contribution in [2.45, 2.75) is 0 Å². The Bertz CT molecular complexity index is 504. The van der Waals surface area contributed by atoms with E-state index < -0.39 is 10.7 Å². The first kappa shape index (κ1) is 9.63. The molecule has 12 heteroatoms. The summed E-state index contributed by atoms with van der Waals surface area (Å²) in [5, 5.41) is 23.3. The summed E-state index contributed by atoms with van der Waals surface area (Å²) in [5.74, 6) is -0.779. The van der Waals surface area contributed by atoms with Gasteiger partial charge in [0.1, 0.15) is 0 Å².